The molecule has 1 aromatic carbocycles. The number of hydrogen-bond donors (Lipinski definition) is 1. The molecule has 35 heavy (non-hydrogen) atoms. The molecule has 0 aliphatic carbocycles. The van der Waals surface area contributed by atoms with E-state index in [2.05, 4.69) is 55.0 Å². The number of aromatic nitrogens is 2. The summed E-state index contributed by atoms with van der Waals surface area (Å²) in [5.41, 5.74) is 3.81. The maximum Gasteiger partial charge on any atom is 0.164 e. The third kappa shape index (κ3) is 8.98. The normalized spacial score (nSPS) is 12.9. The number of hydrogen-bond acceptors (Lipinski definition) is 4. The van der Waals surface area contributed by atoms with Crippen LogP contribution in [0.15, 0.2) is 54.7 Å². The van der Waals surface area contributed by atoms with E-state index in [-0.39, 0.29) is 37.1 Å². The smallest absolute Gasteiger partial charge is 0.164 e. The Kier molecular flexibility index (Phi) is 11.0. The maximum atomic E-state index is 11.5. The van der Waals surface area contributed by atoms with Gasteiger partial charge in [0.2, 0.25) is 0 Å². The molecule has 0 spiro atoms. The van der Waals surface area contributed by atoms with Crippen LogP contribution < -0.4 is 0 Å². The van der Waals surface area contributed by atoms with Crippen LogP contribution in [0.4, 0.5) is 0 Å². The Morgan fingerprint density at radius 3 is 2.29 bits per heavy atom. The minimum atomic E-state index is -0.417. The number of aryl methyl sites for hydroxylation is 1. The summed E-state index contributed by atoms with van der Waals surface area (Å²) in [4.78, 5) is 20.2. The number of pyridine rings is 2. The Morgan fingerprint density at radius 1 is 1.06 bits per heavy atom. The van der Waals surface area contributed by atoms with Crippen LogP contribution in [0.3, 0.4) is 0 Å². The van der Waals surface area contributed by atoms with Crippen LogP contribution in [0.5, 0.6) is 0 Å². The fourth-order valence-corrected chi connectivity index (χ4v) is 3.09. The summed E-state index contributed by atoms with van der Waals surface area (Å²) >= 11 is 0. The molecule has 0 aliphatic rings. The fraction of sp³-hybridized carbons (Fsp3) is 0.433. The van der Waals surface area contributed by atoms with E-state index in [0.717, 1.165) is 28.5 Å². The molecule has 0 saturated carbocycles. The first-order chi connectivity index (χ1) is 15.7. The third-order valence-electron chi connectivity index (χ3n) is 5.78. The van der Waals surface area contributed by atoms with E-state index < -0.39 is 5.41 Å². The second-order valence-electron chi connectivity index (χ2n) is 11.0. The maximum absolute atomic E-state index is 11.5. The first kappa shape index (κ1) is 30.7. The van der Waals surface area contributed by atoms with Gasteiger partial charge in [0.15, 0.2) is 5.78 Å². The van der Waals surface area contributed by atoms with Crippen molar-refractivity contribution >= 4 is 16.6 Å². The average molecular weight is 652 g/mol. The molecule has 1 N–H and O–H groups in total. The van der Waals surface area contributed by atoms with Gasteiger partial charge in [-0.05, 0) is 23.1 Å². The van der Waals surface area contributed by atoms with Crippen molar-refractivity contribution in [3.8, 4) is 11.3 Å². The molecule has 1 unspecified atom stereocenters. The number of fused-ring (bicyclic) bond motifs is 1. The molecule has 1 radical (unpaired) electrons. The van der Waals surface area contributed by atoms with Gasteiger partial charge in [0.1, 0.15) is 5.76 Å². The average Bonchev–Trinajstić information content (AvgIpc) is 2.76. The summed E-state index contributed by atoms with van der Waals surface area (Å²) < 4.78 is 0. The van der Waals surface area contributed by atoms with Crippen LogP contribution in [0.25, 0.3) is 22.0 Å². The van der Waals surface area contributed by atoms with E-state index in [9.17, 15) is 9.90 Å². The standard InChI is InChI=1S/C19H19N2.C11H20O2.Ir/c1-4-14(3)16-7-13(2)8-17(9-16)19-10-15-5-6-20-11-18(15)12-21-19;1-10(2,3)8(12)7-9(13)11(4,5)6;/h5-7,9-12,14H,4H2,1-3H3;7,12H,1-6H3;/q-1;;/b;8-7-;. The van der Waals surface area contributed by atoms with E-state index in [1.807, 2.05) is 66.2 Å². The van der Waals surface area contributed by atoms with Crippen molar-refractivity contribution in [2.75, 3.05) is 0 Å². The zero-order chi connectivity index (χ0) is 25.7. The number of carbonyl (C=O) groups is 1. The van der Waals surface area contributed by atoms with Crippen LogP contribution in [-0.4, -0.2) is 20.9 Å². The minimum absolute atomic E-state index is 0. The molecule has 0 aliphatic heterocycles. The van der Waals surface area contributed by atoms with Crippen LogP contribution in [0, 0.1) is 23.8 Å². The quantitative estimate of drug-likeness (QED) is 0.176. The van der Waals surface area contributed by atoms with Gasteiger partial charge in [0.05, 0.1) is 0 Å². The molecule has 2 aromatic heterocycles. The van der Waals surface area contributed by atoms with Gasteiger partial charge in [-0.2, -0.15) is 0 Å². The van der Waals surface area contributed by atoms with Gasteiger partial charge < -0.3 is 10.1 Å². The fourth-order valence-electron chi connectivity index (χ4n) is 3.09. The largest absolute Gasteiger partial charge is 0.512 e. The van der Waals surface area contributed by atoms with Crippen molar-refractivity contribution in [3.63, 3.8) is 0 Å². The monoisotopic (exact) mass is 652 g/mol. The number of rotatable bonds is 4. The van der Waals surface area contributed by atoms with Gasteiger partial charge in [0, 0.05) is 61.0 Å². The number of ketones is 1. The molecule has 3 aromatic rings. The van der Waals surface area contributed by atoms with Crippen molar-refractivity contribution in [2.24, 2.45) is 10.8 Å². The molecule has 5 heteroatoms. The Hall–Kier alpha value is -2.36. The molecule has 2 heterocycles. The van der Waals surface area contributed by atoms with E-state index in [0.29, 0.717) is 5.92 Å². The summed E-state index contributed by atoms with van der Waals surface area (Å²) in [6.45, 7) is 17.7. The summed E-state index contributed by atoms with van der Waals surface area (Å²) in [5.74, 6) is 0.661. The van der Waals surface area contributed by atoms with E-state index in [4.69, 9.17) is 0 Å². The molecule has 0 saturated heterocycles. The van der Waals surface area contributed by atoms with Gasteiger partial charge in [-0.15, -0.1) is 34.9 Å². The number of benzene rings is 1. The van der Waals surface area contributed by atoms with E-state index >= 15 is 0 Å². The Labute approximate surface area is 224 Å². The molecule has 0 fully saturated rings. The zero-order valence-corrected chi connectivity index (χ0v) is 24.9. The molecule has 1 atom stereocenters. The summed E-state index contributed by atoms with van der Waals surface area (Å²) in [5, 5.41) is 11.8. The predicted molar refractivity (Wildman–Crippen MR) is 142 cm³/mol. The SMILES string of the molecule is CC(C)(C)C(=O)/C=C(\O)C(C)(C)C.CCC(C)c1cc(C)[c-]c(-c2cc3ccncc3cn2)c1.[Ir]. The van der Waals surface area contributed by atoms with Crippen molar-refractivity contribution in [1.29, 1.82) is 0 Å². The molecule has 191 valence electrons. The Balaban J connectivity index is 0.000000383. The van der Waals surface area contributed by atoms with E-state index in [1.165, 1.54) is 17.2 Å². The molecule has 0 bridgehead atoms. The molecular weight excluding hydrogens is 613 g/mol. The molecular formula is C30H39IrN2O2-. The molecule has 0 amide bonds. The van der Waals surface area contributed by atoms with Gasteiger partial charge in [0.25, 0.3) is 0 Å². The number of aliphatic hydroxyl groups excluding tert-OH is 1. The van der Waals surface area contributed by atoms with Crippen molar-refractivity contribution < 1.29 is 30.0 Å². The van der Waals surface area contributed by atoms with Crippen LogP contribution in [0.2, 0.25) is 0 Å². The molecule has 4 nitrogen and oxygen atoms in total. The second kappa shape index (κ2) is 12.6. The van der Waals surface area contributed by atoms with Crippen molar-refractivity contribution in [1.82, 2.24) is 9.97 Å². The third-order valence-corrected chi connectivity index (χ3v) is 5.78. The summed E-state index contributed by atoms with van der Waals surface area (Å²) in [6.07, 6.45) is 8.02. The summed E-state index contributed by atoms with van der Waals surface area (Å²) in [7, 11) is 0. The van der Waals surface area contributed by atoms with Crippen LogP contribution in [0.1, 0.15) is 78.9 Å². The number of carbonyl (C=O) groups excluding carboxylic acids is 1. The minimum Gasteiger partial charge on any atom is -0.512 e. The van der Waals surface area contributed by atoms with Crippen molar-refractivity contribution in [3.05, 3.63) is 71.9 Å². The predicted octanol–water partition coefficient (Wildman–Crippen LogP) is 8.01. The first-order valence-corrected chi connectivity index (χ1v) is 11.9. The van der Waals surface area contributed by atoms with Gasteiger partial charge in [-0.1, -0.05) is 74.8 Å². The van der Waals surface area contributed by atoms with Gasteiger partial charge in [-0.3, -0.25) is 9.78 Å². The Bertz CT molecular complexity index is 1170. The zero-order valence-electron chi connectivity index (χ0n) is 22.5. The number of allylic oxidation sites excluding steroid dienone is 2. The van der Waals surface area contributed by atoms with E-state index in [1.54, 1.807) is 0 Å². The summed E-state index contributed by atoms with van der Waals surface area (Å²) in [6, 6.07) is 12.0. The van der Waals surface area contributed by atoms with Crippen molar-refractivity contribution in [2.45, 2.75) is 74.7 Å². The van der Waals surface area contributed by atoms with Gasteiger partial charge in [-0.25, -0.2) is 0 Å². The Morgan fingerprint density at radius 2 is 1.71 bits per heavy atom. The topological polar surface area (TPSA) is 63.1 Å². The second-order valence-corrected chi connectivity index (χ2v) is 11.0. The van der Waals surface area contributed by atoms with Gasteiger partial charge >= 0.3 is 0 Å². The number of aliphatic hydroxyl groups is 1. The van der Waals surface area contributed by atoms with Crippen LogP contribution >= 0.6 is 0 Å². The molecule has 3 rings (SSSR count). The van der Waals surface area contributed by atoms with Crippen LogP contribution in [-0.2, 0) is 24.9 Å². The first-order valence-electron chi connectivity index (χ1n) is 11.9. The number of nitrogens with zero attached hydrogens (tertiary/aromatic N) is 2.